The van der Waals surface area contributed by atoms with Gasteiger partial charge in [-0.1, -0.05) is 25.8 Å². The first-order valence-corrected chi connectivity index (χ1v) is 8.79. The molecule has 0 aromatic heterocycles. The first kappa shape index (κ1) is 16.7. The van der Waals surface area contributed by atoms with E-state index in [4.69, 9.17) is 4.18 Å². The molecule has 120 valence electrons. The van der Waals surface area contributed by atoms with Crippen molar-refractivity contribution >= 4 is 21.7 Å². The fraction of sp³-hybridized carbons (Fsp3) is 0.438. The number of hydrogen-bond donors (Lipinski definition) is 1. The Morgan fingerprint density at radius 3 is 2.32 bits per heavy atom. The van der Waals surface area contributed by atoms with Crippen LogP contribution >= 0.6 is 0 Å². The minimum absolute atomic E-state index is 0.103. The molecule has 6 heteroatoms. The summed E-state index contributed by atoms with van der Waals surface area (Å²) in [6, 6.07) is 5.95. The Morgan fingerprint density at radius 2 is 1.77 bits per heavy atom. The highest BCUT2D eigenvalue weighted by Gasteiger charge is 2.23. The third-order valence-corrected chi connectivity index (χ3v) is 4.98. The van der Waals surface area contributed by atoms with Crippen molar-refractivity contribution in [1.82, 2.24) is 0 Å². The molecule has 0 unspecified atom stereocenters. The fourth-order valence-corrected chi connectivity index (χ4v) is 3.47. The summed E-state index contributed by atoms with van der Waals surface area (Å²) in [5, 5.41) is 2.63. The molecule has 5 nitrogen and oxygen atoms in total. The van der Waals surface area contributed by atoms with Gasteiger partial charge in [0.1, 0.15) is 0 Å². The summed E-state index contributed by atoms with van der Waals surface area (Å²) in [6.07, 6.45) is 4.49. The molecule has 22 heavy (non-hydrogen) atoms. The average Bonchev–Trinajstić information content (AvgIpc) is 2.48. The van der Waals surface area contributed by atoms with Crippen LogP contribution in [0.1, 0.15) is 39.0 Å². The minimum Gasteiger partial charge on any atom is -0.322 e. The summed E-state index contributed by atoms with van der Waals surface area (Å²) in [4.78, 5) is 11.6. The van der Waals surface area contributed by atoms with Gasteiger partial charge in [-0.25, -0.2) is 0 Å². The van der Waals surface area contributed by atoms with Crippen molar-refractivity contribution in [3.63, 3.8) is 0 Å². The summed E-state index contributed by atoms with van der Waals surface area (Å²) in [7, 11) is -3.75. The first-order chi connectivity index (χ1) is 10.4. The van der Waals surface area contributed by atoms with E-state index in [0.29, 0.717) is 11.3 Å². The molecule has 1 aliphatic rings. The van der Waals surface area contributed by atoms with Gasteiger partial charge in [-0.15, -0.1) is 0 Å². The molecule has 0 radical (unpaired) electrons. The van der Waals surface area contributed by atoms with Gasteiger partial charge >= 0.3 is 0 Å². The highest BCUT2D eigenvalue weighted by Crippen LogP contribution is 2.25. The van der Waals surface area contributed by atoms with Gasteiger partial charge < -0.3 is 5.32 Å². The van der Waals surface area contributed by atoms with E-state index < -0.39 is 10.1 Å². The van der Waals surface area contributed by atoms with Crippen molar-refractivity contribution in [2.75, 3.05) is 5.32 Å². The van der Waals surface area contributed by atoms with Crippen LogP contribution in [-0.2, 0) is 19.1 Å². The van der Waals surface area contributed by atoms with E-state index in [1.54, 1.807) is 6.92 Å². The molecule has 1 aromatic carbocycles. The molecule has 0 heterocycles. The predicted octanol–water partition coefficient (Wildman–Crippen LogP) is 3.24. The number of rotatable bonds is 5. The molecule has 1 amide bonds. The molecule has 0 spiro atoms. The van der Waals surface area contributed by atoms with Crippen LogP contribution in [0, 0.1) is 0 Å². The maximum Gasteiger partial charge on any atom is 0.297 e. The van der Waals surface area contributed by atoms with E-state index in [9.17, 15) is 13.2 Å². The van der Waals surface area contributed by atoms with Gasteiger partial charge in [0.15, 0.2) is 0 Å². The number of benzene rings is 1. The summed E-state index contributed by atoms with van der Waals surface area (Å²) in [6.45, 7) is 5.15. The minimum atomic E-state index is -3.75. The van der Waals surface area contributed by atoms with Crippen LogP contribution in [0.25, 0.3) is 0 Å². The number of anilines is 1. The van der Waals surface area contributed by atoms with Crippen molar-refractivity contribution in [2.24, 2.45) is 0 Å². The van der Waals surface area contributed by atoms with Gasteiger partial charge in [-0.3, -0.25) is 8.98 Å². The van der Waals surface area contributed by atoms with Gasteiger partial charge in [0.2, 0.25) is 0 Å². The summed E-state index contributed by atoms with van der Waals surface area (Å²) < 4.78 is 29.7. The van der Waals surface area contributed by atoms with E-state index in [0.717, 1.165) is 32.1 Å². The lowest BCUT2D eigenvalue weighted by Gasteiger charge is -2.21. The van der Waals surface area contributed by atoms with Crippen LogP contribution in [0.5, 0.6) is 0 Å². The van der Waals surface area contributed by atoms with Crippen molar-refractivity contribution in [3.05, 3.63) is 36.4 Å². The molecular formula is C16H21NO4S. The number of carbonyl (C=O) groups is 1. The maximum absolute atomic E-state index is 12.2. The zero-order valence-electron chi connectivity index (χ0n) is 12.7. The van der Waals surface area contributed by atoms with Crippen LogP contribution in [0.2, 0.25) is 0 Å². The first-order valence-electron chi connectivity index (χ1n) is 7.39. The van der Waals surface area contributed by atoms with Crippen molar-refractivity contribution < 1.29 is 17.4 Å². The quantitative estimate of drug-likeness (QED) is 0.667. The Morgan fingerprint density at radius 1 is 1.18 bits per heavy atom. The van der Waals surface area contributed by atoms with Gasteiger partial charge in [0.05, 0.1) is 11.0 Å². The molecule has 1 aliphatic carbocycles. The molecule has 0 bridgehead atoms. The van der Waals surface area contributed by atoms with Crippen LogP contribution in [0.3, 0.4) is 0 Å². The van der Waals surface area contributed by atoms with Crippen LogP contribution < -0.4 is 5.32 Å². The van der Waals surface area contributed by atoms with E-state index in [2.05, 4.69) is 11.9 Å². The largest absolute Gasteiger partial charge is 0.322 e. The highest BCUT2D eigenvalue weighted by atomic mass is 32.2. The molecule has 0 saturated heterocycles. The summed E-state index contributed by atoms with van der Waals surface area (Å²) in [5.74, 6) is -0.297. The standard InChI is InChI=1S/C16H21NO4S/c1-12(2)16(18)17-13-8-10-15(11-9-13)22(19,20)21-14-6-4-3-5-7-14/h8-11,14H,1,3-7H2,2H3,(H,17,18). The molecular weight excluding hydrogens is 302 g/mol. The number of amides is 1. The van der Waals surface area contributed by atoms with E-state index >= 15 is 0 Å². The van der Waals surface area contributed by atoms with Gasteiger partial charge in [0, 0.05) is 11.3 Å². The topological polar surface area (TPSA) is 72.5 Å². The van der Waals surface area contributed by atoms with Crippen molar-refractivity contribution in [1.29, 1.82) is 0 Å². The van der Waals surface area contributed by atoms with E-state index in [1.165, 1.54) is 24.3 Å². The second-order valence-corrected chi connectivity index (χ2v) is 7.14. The van der Waals surface area contributed by atoms with Crippen LogP contribution in [0.15, 0.2) is 41.3 Å². The average molecular weight is 323 g/mol. The lowest BCUT2D eigenvalue weighted by atomic mass is 9.98. The molecule has 1 fully saturated rings. The second-order valence-electron chi connectivity index (χ2n) is 5.57. The van der Waals surface area contributed by atoms with Crippen LogP contribution in [-0.4, -0.2) is 20.4 Å². The molecule has 1 saturated carbocycles. The lowest BCUT2D eigenvalue weighted by molar-refractivity contribution is -0.112. The number of hydrogen-bond acceptors (Lipinski definition) is 4. The fourth-order valence-electron chi connectivity index (χ4n) is 2.34. The summed E-state index contributed by atoms with van der Waals surface area (Å²) in [5.41, 5.74) is 0.905. The zero-order chi connectivity index (χ0) is 16.2. The molecule has 1 aromatic rings. The molecule has 0 atom stereocenters. The normalized spacial score (nSPS) is 16.2. The predicted molar refractivity (Wildman–Crippen MR) is 85.0 cm³/mol. The Kier molecular flexibility index (Phi) is 5.37. The second kappa shape index (κ2) is 7.07. The van der Waals surface area contributed by atoms with Gasteiger partial charge in [-0.2, -0.15) is 8.42 Å². The maximum atomic E-state index is 12.2. The smallest absolute Gasteiger partial charge is 0.297 e. The van der Waals surface area contributed by atoms with Gasteiger partial charge in [-0.05, 0) is 44.0 Å². The molecule has 1 N–H and O–H groups in total. The molecule has 2 rings (SSSR count). The Balaban J connectivity index is 2.05. The molecule has 0 aliphatic heterocycles. The van der Waals surface area contributed by atoms with Crippen molar-refractivity contribution in [3.8, 4) is 0 Å². The van der Waals surface area contributed by atoms with Gasteiger partial charge in [0.25, 0.3) is 16.0 Å². The third-order valence-electron chi connectivity index (χ3n) is 3.60. The van der Waals surface area contributed by atoms with Crippen LogP contribution in [0.4, 0.5) is 5.69 Å². The van der Waals surface area contributed by atoms with E-state index in [1.807, 2.05) is 0 Å². The summed E-state index contributed by atoms with van der Waals surface area (Å²) >= 11 is 0. The number of nitrogens with one attached hydrogen (secondary N) is 1. The highest BCUT2D eigenvalue weighted by molar-refractivity contribution is 7.86. The Labute approximate surface area is 131 Å². The lowest BCUT2D eigenvalue weighted by Crippen LogP contribution is -2.21. The SMILES string of the molecule is C=C(C)C(=O)Nc1ccc(S(=O)(=O)OC2CCCCC2)cc1. The zero-order valence-corrected chi connectivity index (χ0v) is 13.5. The monoisotopic (exact) mass is 323 g/mol. The Hall–Kier alpha value is -1.66. The Bertz CT molecular complexity index is 643. The number of carbonyl (C=O) groups excluding carboxylic acids is 1. The van der Waals surface area contributed by atoms with Crippen molar-refractivity contribution in [2.45, 2.75) is 50.0 Å². The third kappa shape index (κ3) is 4.42. The van der Waals surface area contributed by atoms with E-state index in [-0.39, 0.29) is 16.9 Å².